The van der Waals surface area contributed by atoms with Crippen LogP contribution in [0.5, 0.6) is 5.75 Å². The summed E-state index contributed by atoms with van der Waals surface area (Å²) in [5, 5.41) is 14.7. The van der Waals surface area contributed by atoms with Gasteiger partial charge in [-0.2, -0.15) is 0 Å². The van der Waals surface area contributed by atoms with Crippen LogP contribution in [0.2, 0.25) is 0 Å². The van der Waals surface area contributed by atoms with Crippen LogP contribution in [0.15, 0.2) is 79.3 Å². The summed E-state index contributed by atoms with van der Waals surface area (Å²) in [6.45, 7) is 4.78. The van der Waals surface area contributed by atoms with Gasteiger partial charge in [0.25, 0.3) is 0 Å². The largest absolute Gasteiger partial charge is 0.506 e. The zero-order valence-corrected chi connectivity index (χ0v) is 19.3. The van der Waals surface area contributed by atoms with Gasteiger partial charge in [0.05, 0.1) is 23.5 Å². The number of rotatable bonds is 5. The van der Waals surface area contributed by atoms with Crippen molar-refractivity contribution in [2.45, 2.75) is 32.5 Å². The Bertz CT molecular complexity index is 1290. The Morgan fingerprint density at radius 3 is 2.58 bits per heavy atom. The number of hydrogen-bond acceptors (Lipinski definition) is 4. The summed E-state index contributed by atoms with van der Waals surface area (Å²) >= 11 is 5.81. The second kappa shape index (κ2) is 8.67. The molecule has 7 heteroatoms. The van der Waals surface area contributed by atoms with Crippen molar-refractivity contribution in [3.8, 4) is 11.4 Å². The molecule has 3 aromatic heterocycles. The number of nitrogens with one attached hydrogen (secondary N) is 1. The average Bonchev–Trinajstić information content (AvgIpc) is 3.30. The first-order chi connectivity index (χ1) is 16.0. The van der Waals surface area contributed by atoms with Gasteiger partial charge in [-0.3, -0.25) is 9.97 Å². The second-order valence-corrected chi connectivity index (χ2v) is 8.65. The molecule has 0 radical (unpaired) electrons. The molecule has 5 rings (SSSR count). The highest BCUT2D eigenvalue weighted by Crippen LogP contribution is 2.42. The van der Waals surface area contributed by atoms with Gasteiger partial charge in [0.1, 0.15) is 5.75 Å². The van der Waals surface area contributed by atoms with Gasteiger partial charge in [-0.1, -0.05) is 24.3 Å². The Morgan fingerprint density at radius 2 is 1.85 bits per heavy atom. The fraction of sp³-hybridized carbons (Fsp3) is 0.192. The number of benzene rings is 1. The SMILES string of the molecule is Cc1cc([C@@H]2[C@@H](c3ccccn3)NC(=S)N2Cc2cccnc2)c(C)n1-c1ccccc1O. The standard InChI is InChI=1S/C26H25N5OS/c1-17-14-20(18(2)31(17)22-10-3-4-11-23(22)32)25-24(21-9-5-6-13-28-21)29-26(33)30(25)16-19-8-7-12-27-15-19/h3-15,24-25,32H,16H2,1-2H3,(H,29,33)/t24-,25-/m1/s1. The number of phenols is 1. The van der Waals surface area contributed by atoms with Gasteiger partial charge in [0.15, 0.2) is 5.11 Å². The summed E-state index contributed by atoms with van der Waals surface area (Å²) in [6.07, 6.45) is 5.46. The molecule has 1 aliphatic rings. The summed E-state index contributed by atoms with van der Waals surface area (Å²) < 4.78 is 2.10. The van der Waals surface area contributed by atoms with E-state index in [4.69, 9.17) is 12.2 Å². The van der Waals surface area contributed by atoms with Gasteiger partial charge in [-0.05, 0) is 73.6 Å². The lowest BCUT2D eigenvalue weighted by Crippen LogP contribution is -2.29. The van der Waals surface area contributed by atoms with Crippen LogP contribution in [-0.4, -0.2) is 29.7 Å². The number of pyridine rings is 2. The van der Waals surface area contributed by atoms with Crippen molar-refractivity contribution in [3.05, 3.63) is 107 Å². The zero-order chi connectivity index (χ0) is 22.9. The Hall–Kier alpha value is -3.71. The van der Waals surface area contributed by atoms with Crippen LogP contribution in [0.4, 0.5) is 0 Å². The van der Waals surface area contributed by atoms with E-state index in [1.54, 1.807) is 12.3 Å². The van der Waals surface area contributed by atoms with Gasteiger partial charge in [-0.15, -0.1) is 0 Å². The van der Waals surface area contributed by atoms with E-state index in [9.17, 15) is 5.11 Å². The first-order valence-electron chi connectivity index (χ1n) is 10.9. The summed E-state index contributed by atoms with van der Waals surface area (Å²) in [6, 6.07) is 19.4. The van der Waals surface area contributed by atoms with Gasteiger partial charge in [0.2, 0.25) is 0 Å². The van der Waals surface area contributed by atoms with Crippen LogP contribution < -0.4 is 5.32 Å². The first kappa shape index (κ1) is 21.2. The van der Waals surface area contributed by atoms with E-state index in [1.807, 2.05) is 54.9 Å². The minimum absolute atomic E-state index is 0.0709. The normalized spacial score (nSPS) is 17.9. The van der Waals surface area contributed by atoms with E-state index >= 15 is 0 Å². The molecule has 1 aromatic carbocycles. The third-order valence-corrected chi connectivity index (χ3v) is 6.54. The molecule has 4 aromatic rings. The Kier molecular flexibility index (Phi) is 5.56. The lowest BCUT2D eigenvalue weighted by atomic mass is 9.96. The molecule has 0 unspecified atom stereocenters. The number of para-hydroxylation sites is 2. The molecule has 0 saturated carbocycles. The number of thiocarbonyl (C=S) groups is 1. The highest BCUT2D eigenvalue weighted by molar-refractivity contribution is 7.80. The quantitative estimate of drug-likeness (QED) is 0.423. The smallest absolute Gasteiger partial charge is 0.170 e. The molecule has 0 spiro atoms. The van der Waals surface area contributed by atoms with Crippen LogP contribution in [-0.2, 0) is 6.54 Å². The fourth-order valence-corrected chi connectivity index (χ4v) is 5.02. The summed E-state index contributed by atoms with van der Waals surface area (Å²) in [4.78, 5) is 11.1. The van der Waals surface area contributed by atoms with Gasteiger partial charge in [0, 0.05) is 36.5 Å². The van der Waals surface area contributed by atoms with Crippen molar-refractivity contribution in [1.29, 1.82) is 0 Å². The molecule has 2 atom stereocenters. The molecular formula is C26H25N5OS. The number of nitrogens with zero attached hydrogens (tertiary/aromatic N) is 4. The van der Waals surface area contributed by atoms with Gasteiger partial charge >= 0.3 is 0 Å². The van der Waals surface area contributed by atoms with Crippen LogP contribution in [0.1, 0.15) is 40.3 Å². The van der Waals surface area contributed by atoms with E-state index in [0.717, 1.165) is 33.9 Å². The van der Waals surface area contributed by atoms with Crippen molar-refractivity contribution < 1.29 is 5.11 Å². The van der Waals surface area contributed by atoms with Crippen LogP contribution in [0, 0.1) is 13.8 Å². The molecule has 1 saturated heterocycles. The van der Waals surface area contributed by atoms with E-state index < -0.39 is 0 Å². The third kappa shape index (κ3) is 3.85. The molecule has 0 aliphatic carbocycles. The minimum Gasteiger partial charge on any atom is -0.506 e. The van der Waals surface area contributed by atoms with Crippen molar-refractivity contribution >= 4 is 17.3 Å². The Morgan fingerprint density at radius 1 is 1.03 bits per heavy atom. The van der Waals surface area contributed by atoms with E-state index in [1.165, 1.54) is 0 Å². The Labute approximate surface area is 198 Å². The highest BCUT2D eigenvalue weighted by Gasteiger charge is 2.41. The predicted molar refractivity (Wildman–Crippen MR) is 132 cm³/mol. The lowest BCUT2D eigenvalue weighted by Gasteiger charge is -2.28. The maximum absolute atomic E-state index is 10.5. The van der Waals surface area contributed by atoms with Crippen LogP contribution >= 0.6 is 12.2 Å². The molecule has 166 valence electrons. The number of phenolic OH excluding ortho intramolecular Hbond substituents is 1. The van der Waals surface area contributed by atoms with Crippen molar-refractivity contribution in [2.75, 3.05) is 0 Å². The molecular weight excluding hydrogens is 430 g/mol. The molecule has 0 amide bonds. The number of hydrogen-bond donors (Lipinski definition) is 2. The van der Waals surface area contributed by atoms with E-state index in [-0.39, 0.29) is 17.8 Å². The third-order valence-electron chi connectivity index (χ3n) is 6.19. The van der Waals surface area contributed by atoms with Gasteiger partial charge < -0.3 is 19.9 Å². The van der Waals surface area contributed by atoms with Crippen molar-refractivity contribution in [2.24, 2.45) is 0 Å². The lowest BCUT2D eigenvalue weighted by molar-refractivity contribution is 0.310. The first-order valence-corrected chi connectivity index (χ1v) is 11.3. The fourth-order valence-electron chi connectivity index (χ4n) is 4.71. The highest BCUT2D eigenvalue weighted by atomic mass is 32.1. The minimum atomic E-state index is -0.103. The number of aromatic hydroxyl groups is 1. The van der Waals surface area contributed by atoms with E-state index in [0.29, 0.717) is 11.7 Å². The maximum Gasteiger partial charge on any atom is 0.170 e. The average molecular weight is 456 g/mol. The maximum atomic E-state index is 10.5. The molecule has 33 heavy (non-hydrogen) atoms. The Balaban J connectivity index is 1.63. The molecule has 0 bridgehead atoms. The molecule has 1 fully saturated rings. The molecule has 4 heterocycles. The number of aryl methyl sites for hydroxylation is 1. The monoisotopic (exact) mass is 455 g/mol. The van der Waals surface area contributed by atoms with Crippen molar-refractivity contribution in [3.63, 3.8) is 0 Å². The molecule has 1 aliphatic heterocycles. The van der Waals surface area contributed by atoms with Crippen molar-refractivity contribution in [1.82, 2.24) is 24.8 Å². The summed E-state index contributed by atoms with van der Waals surface area (Å²) in [5.74, 6) is 0.249. The summed E-state index contributed by atoms with van der Waals surface area (Å²) in [5.41, 5.74) is 6.03. The van der Waals surface area contributed by atoms with Gasteiger partial charge in [-0.25, -0.2) is 0 Å². The summed E-state index contributed by atoms with van der Waals surface area (Å²) in [7, 11) is 0. The van der Waals surface area contributed by atoms with E-state index in [2.05, 4.69) is 50.7 Å². The zero-order valence-electron chi connectivity index (χ0n) is 18.5. The topological polar surface area (TPSA) is 66.2 Å². The molecule has 6 nitrogen and oxygen atoms in total. The predicted octanol–water partition coefficient (Wildman–Crippen LogP) is 4.76. The second-order valence-electron chi connectivity index (χ2n) is 8.27. The number of aromatic nitrogens is 3. The van der Waals surface area contributed by atoms with Crippen LogP contribution in [0.3, 0.4) is 0 Å². The molecule has 2 N–H and O–H groups in total. The van der Waals surface area contributed by atoms with Crippen LogP contribution in [0.25, 0.3) is 5.69 Å².